The molecular formula is C22H21ClN6O4. The number of benzene rings is 1. The van der Waals surface area contributed by atoms with Crippen molar-refractivity contribution in [2.75, 3.05) is 13.1 Å². The minimum atomic E-state index is -1.14. The maximum absolute atomic E-state index is 13.1. The Morgan fingerprint density at radius 3 is 2.61 bits per heavy atom. The smallest absolute Gasteiger partial charge is 0.291 e. The minimum absolute atomic E-state index is 0.0737. The monoisotopic (exact) mass is 468 g/mol. The van der Waals surface area contributed by atoms with Crippen LogP contribution in [-0.4, -0.2) is 58.9 Å². The lowest BCUT2D eigenvalue weighted by atomic mass is 9.91. The molecule has 4 heterocycles. The number of oxazole rings is 1. The molecule has 1 saturated heterocycles. The quantitative estimate of drug-likeness (QED) is 0.487. The van der Waals surface area contributed by atoms with Crippen molar-refractivity contribution in [3.8, 4) is 5.69 Å². The fraction of sp³-hybridized carbons (Fsp3) is 0.318. The molecule has 1 amide bonds. The Bertz CT molecular complexity index is 1380. The summed E-state index contributed by atoms with van der Waals surface area (Å²) in [5.74, 6) is -0.0362. The molecule has 3 aromatic heterocycles. The Labute approximate surface area is 193 Å². The first kappa shape index (κ1) is 21.4. The lowest BCUT2D eigenvalue weighted by Crippen LogP contribution is -2.49. The van der Waals surface area contributed by atoms with Gasteiger partial charge in [-0.15, -0.1) is 0 Å². The average Bonchev–Trinajstić information content (AvgIpc) is 3.43. The van der Waals surface area contributed by atoms with Gasteiger partial charge in [0, 0.05) is 18.1 Å². The number of carbonyl (C=O) groups is 1. The fourth-order valence-electron chi connectivity index (χ4n) is 4.08. The van der Waals surface area contributed by atoms with Crippen molar-refractivity contribution in [2.45, 2.75) is 31.9 Å². The molecule has 0 radical (unpaired) electrons. The second-order valence-corrected chi connectivity index (χ2v) is 8.67. The van der Waals surface area contributed by atoms with Gasteiger partial charge in [0.05, 0.1) is 29.7 Å². The van der Waals surface area contributed by atoms with Gasteiger partial charge >= 0.3 is 0 Å². The Balaban J connectivity index is 1.34. The molecule has 0 unspecified atom stereocenters. The molecule has 33 heavy (non-hydrogen) atoms. The minimum Gasteiger partial charge on any atom is -0.438 e. The van der Waals surface area contributed by atoms with Gasteiger partial charge in [-0.25, -0.2) is 14.6 Å². The molecule has 4 aromatic rings. The molecular weight excluding hydrogens is 448 g/mol. The SMILES string of the molecule is Cc1ncoc1C(=O)N1CCC(O)(Cn2cnc3c(cnn3-c3ccc(Cl)cc3)c2=O)CC1. The van der Waals surface area contributed by atoms with Gasteiger partial charge in [0.2, 0.25) is 5.76 Å². The van der Waals surface area contributed by atoms with Crippen molar-refractivity contribution in [3.05, 3.63) is 70.0 Å². The van der Waals surface area contributed by atoms with Crippen LogP contribution in [0.25, 0.3) is 16.7 Å². The summed E-state index contributed by atoms with van der Waals surface area (Å²) >= 11 is 5.95. The van der Waals surface area contributed by atoms with Gasteiger partial charge in [0.15, 0.2) is 12.0 Å². The molecule has 0 spiro atoms. The third-order valence-electron chi connectivity index (χ3n) is 6.01. The molecule has 1 aromatic carbocycles. The summed E-state index contributed by atoms with van der Waals surface area (Å²) in [6, 6.07) is 7.06. The first-order chi connectivity index (χ1) is 15.8. The van der Waals surface area contributed by atoms with Gasteiger partial charge in [0.1, 0.15) is 11.7 Å². The summed E-state index contributed by atoms with van der Waals surface area (Å²) < 4.78 is 8.16. The topological polar surface area (TPSA) is 119 Å². The number of nitrogens with zero attached hydrogens (tertiary/aromatic N) is 6. The van der Waals surface area contributed by atoms with Crippen LogP contribution in [0.1, 0.15) is 29.1 Å². The Kier molecular flexibility index (Phi) is 5.26. The molecule has 0 aliphatic carbocycles. The van der Waals surface area contributed by atoms with Crippen LogP contribution in [0, 0.1) is 6.92 Å². The van der Waals surface area contributed by atoms with Gasteiger partial charge in [0.25, 0.3) is 11.5 Å². The highest BCUT2D eigenvalue weighted by Gasteiger charge is 2.36. The Morgan fingerprint density at radius 1 is 1.21 bits per heavy atom. The first-order valence-corrected chi connectivity index (χ1v) is 10.8. The average molecular weight is 469 g/mol. The lowest BCUT2D eigenvalue weighted by Gasteiger charge is -2.38. The second kappa shape index (κ2) is 8.13. The normalized spacial score (nSPS) is 15.8. The van der Waals surface area contributed by atoms with Gasteiger partial charge in [-0.05, 0) is 44.0 Å². The molecule has 0 saturated carbocycles. The molecule has 5 rings (SSSR count). The van der Waals surface area contributed by atoms with E-state index in [9.17, 15) is 14.7 Å². The van der Waals surface area contributed by atoms with Crippen LogP contribution in [0.4, 0.5) is 0 Å². The summed E-state index contributed by atoms with van der Waals surface area (Å²) in [5, 5.41) is 16.4. The molecule has 1 N–H and O–H groups in total. The van der Waals surface area contributed by atoms with E-state index < -0.39 is 5.60 Å². The van der Waals surface area contributed by atoms with Gasteiger partial charge in [-0.1, -0.05) is 11.6 Å². The van der Waals surface area contributed by atoms with E-state index in [2.05, 4.69) is 15.1 Å². The van der Waals surface area contributed by atoms with Crippen molar-refractivity contribution in [1.29, 1.82) is 0 Å². The van der Waals surface area contributed by atoms with Crippen LogP contribution in [0.2, 0.25) is 5.02 Å². The highest BCUT2D eigenvalue weighted by atomic mass is 35.5. The number of rotatable bonds is 4. The molecule has 10 nitrogen and oxygen atoms in total. The van der Waals surface area contributed by atoms with E-state index in [4.69, 9.17) is 16.0 Å². The standard InChI is InChI=1S/C22H21ClN6O4/c1-14-18(33-13-25-14)21(31)27-8-6-22(32,7-9-27)11-28-12-24-19-17(20(28)30)10-26-29(19)16-4-2-15(23)3-5-16/h2-5,10,12-13,32H,6-9,11H2,1H3. The van der Waals surface area contributed by atoms with Crippen molar-refractivity contribution < 1.29 is 14.3 Å². The van der Waals surface area contributed by atoms with Crippen LogP contribution in [0.15, 0.2) is 52.4 Å². The lowest BCUT2D eigenvalue weighted by molar-refractivity contribution is -0.0304. The molecule has 11 heteroatoms. The van der Waals surface area contributed by atoms with E-state index in [1.54, 1.807) is 40.8 Å². The number of amides is 1. The highest BCUT2D eigenvalue weighted by molar-refractivity contribution is 6.30. The number of piperidine rings is 1. The van der Waals surface area contributed by atoms with E-state index >= 15 is 0 Å². The van der Waals surface area contributed by atoms with Crippen LogP contribution in [-0.2, 0) is 6.54 Å². The Hall–Kier alpha value is -3.50. The van der Waals surface area contributed by atoms with Crippen LogP contribution in [0.5, 0.6) is 0 Å². The van der Waals surface area contributed by atoms with E-state index in [0.29, 0.717) is 47.7 Å². The zero-order valence-electron chi connectivity index (χ0n) is 17.8. The largest absolute Gasteiger partial charge is 0.438 e. The van der Waals surface area contributed by atoms with Crippen molar-refractivity contribution in [2.24, 2.45) is 0 Å². The molecule has 1 aliphatic rings. The van der Waals surface area contributed by atoms with Gasteiger partial charge in [-0.3, -0.25) is 14.2 Å². The van der Waals surface area contributed by atoms with E-state index in [-0.39, 0.29) is 23.8 Å². The molecule has 0 bridgehead atoms. The number of aromatic nitrogens is 5. The summed E-state index contributed by atoms with van der Waals surface area (Å²) in [4.78, 5) is 35.7. The maximum Gasteiger partial charge on any atom is 0.291 e. The highest BCUT2D eigenvalue weighted by Crippen LogP contribution is 2.25. The van der Waals surface area contributed by atoms with E-state index in [1.165, 1.54) is 23.5 Å². The van der Waals surface area contributed by atoms with Crippen molar-refractivity contribution >= 4 is 28.5 Å². The van der Waals surface area contributed by atoms with Crippen LogP contribution in [0.3, 0.4) is 0 Å². The number of carbonyl (C=O) groups excluding carboxylic acids is 1. The Morgan fingerprint density at radius 2 is 1.94 bits per heavy atom. The molecule has 0 atom stereocenters. The third-order valence-corrected chi connectivity index (χ3v) is 6.26. The van der Waals surface area contributed by atoms with E-state index in [1.807, 2.05) is 0 Å². The fourth-order valence-corrected chi connectivity index (χ4v) is 4.21. The summed E-state index contributed by atoms with van der Waals surface area (Å²) in [5.41, 5.74) is 0.263. The number of likely N-dealkylation sites (tertiary alicyclic amines) is 1. The zero-order chi connectivity index (χ0) is 23.2. The number of hydrogen-bond acceptors (Lipinski definition) is 7. The number of fused-ring (bicyclic) bond motifs is 1. The number of aryl methyl sites for hydroxylation is 1. The van der Waals surface area contributed by atoms with Crippen molar-refractivity contribution in [3.63, 3.8) is 0 Å². The number of aliphatic hydroxyl groups is 1. The predicted molar refractivity (Wildman–Crippen MR) is 119 cm³/mol. The summed E-state index contributed by atoms with van der Waals surface area (Å²) in [7, 11) is 0. The number of halogens is 1. The summed E-state index contributed by atoms with van der Waals surface area (Å²) in [6.07, 6.45) is 4.78. The molecule has 1 fully saturated rings. The van der Waals surface area contributed by atoms with E-state index in [0.717, 1.165) is 5.69 Å². The molecule has 1 aliphatic heterocycles. The first-order valence-electron chi connectivity index (χ1n) is 10.5. The van der Waals surface area contributed by atoms with Crippen LogP contribution >= 0.6 is 11.6 Å². The predicted octanol–water partition coefficient (Wildman–Crippen LogP) is 2.20. The summed E-state index contributed by atoms with van der Waals surface area (Å²) in [6.45, 7) is 2.47. The maximum atomic E-state index is 13.1. The van der Waals surface area contributed by atoms with Gasteiger partial charge in [-0.2, -0.15) is 5.10 Å². The zero-order valence-corrected chi connectivity index (χ0v) is 18.6. The van der Waals surface area contributed by atoms with Crippen LogP contribution < -0.4 is 5.56 Å². The molecule has 170 valence electrons. The second-order valence-electron chi connectivity index (χ2n) is 8.23. The van der Waals surface area contributed by atoms with Crippen molar-refractivity contribution in [1.82, 2.24) is 29.2 Å². The number of hydrogen-bond donors (Lipinski definition) is 1. The third kappa shape index (κ3) is 3.91. The van der Waals surface area contributed by atoms with Gasteiger partial charge < -0.3 is 14.4 Å².